The monoisotopic (exact) mass is 269 g/mol. The minimum atomic E-state index is -0.239. The molecule has 0 spiro atoms. The maximum absolute atomic E-state index is 13.7. The molecule has 3 rings (SSSR count). The van der Waals surface area contributed by atoms with Crippen LogP contribution in [-0.4, -0.2) is 16.0 Å². The molecule has 1 aromatic heterocycles. The van der Waals surface area contributed by atoms with Gasteiger partial charge in [0.15, 0.2) is 0 Å². The molecule has 0 atom stereocenters. The number of rotatable bonds is 4. The highest BCUT2D eigenvalue weighted by Gasteiger charge is 2.08. The summed E-state index contributed by atoms with van der Waals surface area (Å²) in [6.45, 7) is 0.397. The molecule has 0 saturated carbocycles. The second-order valence-corrected chi connectivity index (χ2v) is 4.40. The number of halogens is 1. The van der Waals surface area contributed by atoms with Crippen LogP contribution in [0.5, 0.6) is 0 Å². The zero-order valence-electron chi connectivity index (χ0n) is 10.6. The SMILES string of the molecule is O=CNc1cccc2c1ncn2Cc1ccccc1F. The number of carbonyl (C=O) groups is 1. The summed E-state index contributed by atoms with van der Waals surface area (Å²) in [5.74, 6) is -0.239. The Morgan fingerprint density at radius 3 is 2.85 bits per heavy atom. The first kappa shape index (κ1) is 12.3. The molecule has 1 amide bonds. The fraction of sp³-hybridized carbons (Fsp3) is 0.0667. The number of para-hydroxylation sites is 1. The van der Waals surface area contributed by atoms with Crippen molar-refractivity contribution in [3.05, 3.63) is 60.2 Å². The van der Waals surface area contributed by atoms with Crippen molar-refractivity contribution in [1.82, 2.24) is 9.55 Å². The third kappa shape index (κ3) is 2.14. The van der Waals surface area contributed by atoms with Gasteiger partial charge < -0.3 is 9.88 Å². The van der Waals surface area contributed by atoms with Gasteiger partial charge in [-0.3, -0.25) is 4.79 Å². The Labute approximate surface area is 114 Å². The molecule has 1 heterocycles. The van der Waals surface area contributed by atoms with Crippen LogP contribution >= 0.6 is 0 Å². The van der Waals surface area contributed by atoms with Crippen molar-refractivity contribution in [3.63, 3.8) is 0 Å². The number of benzene rings is 2. The highest BCUT2D eigenvalue weighted by Crippen LogP contribution is 2.22. The van der Waals surface area contributed by atoms with Crippen LogP contribution in [-0.2, 0) is 11.3 Å². The first-order valence-electron chi connectivity index (χ1n) is 6.17. The van der Waals surface area contributed by atoms with Gasteiger partial charge >= 0.3 is 0 Å². The normalized spacial score (nSPS) is 10.7. The summed E-state index contributed by atoms with van der Waals surface area (Å²) in [7, 11) is 0. The molecule has 4 nitrogen and oxygen atoms in total. The lowest BCUT2D eigenvalue weighted by Gasteiger charge is -2.06. The summed E-state index contributed by atoms with van der Waals surface area (Å²) in [6, 6.07) is 12.1. The van der Waals surface area contributed by atoms with Crippen LogP contribution in [0.15, 0.2) is 48.8 Å². The van der Waals surface area contributed by atoms with Gasteiger partial charge in [-0.1, -0.05) is 24.3 Å². The molecule has 0 fully saturated rings. The molecule has 2 aromatic carbocycles. The van der Waals surface area contributed by atoms with Gasteiger partial charge in [0.2, 0.25) is 6.41 Å². The van der Waals surface area contributed by atoms with E-state index in [9.17, 15) is 9.18 Å². The minimum Gasteiger partial charge on any atom is -0.327 e. The van der Waals surface area contributed by atoms with Gasteiger partial charge in [-0.15, -0.1) is 0 Å². The molecule has 1 N–H and O–H groups in total. The van der Waals surface area contributed by atoms with Crippen LogP contribution in [0, 0.1) is 5.82 Å². The molecule has 0 unspecified atom stereocenters. The van der Waals surface area contributed by atoms with Crippen molar-refractivity contribution >= 4 is 23.1 Å². The number of amides is 1. The number of fused-ring (bicyclic) bond motifs is 1. The predicted octanol–water partition coefficient (Wildman–Crippen LogP) is 2.79. The lowest BCUT2D eigenvalue weighted by molar-refractivity contribution is -0.105. The smallest absolute Gasteiger partial charge is 0.211 e. The van der Waals surface area contributed by atoms with Crippen LogP contribution in [0.4, 0.5) is 10.1 Å². The van der Waals surface area contributed by atoms with E-state index in [1.165, 1.54) is 6.07 Å². The maximum Gasteiger partial charge on any atom is 0.211 e. The Morgan fingerprint density at radius 1 is 1.20 bits per heavy atom. The highest BCUT2D eigenvalue weighted by atomic mass is 19.1. The third-order valence-corrected chi connectivity index (χ3v) is 3.16. The fourth-order valence-corrected chi connectivity index (χ4v) is 2.20. The Balaban J connectivity index is 2.03. The number of hydrogen-bond acceptors (Lipinski definition) is 2. The van der Waals surface area contributed by atoms with Crippen LogP contribution < -0.4 is 5.32 Å². The van der Waals surface area contributed by atoms with E-state index < -0.39 is 0 Å². The Morgan fingerprint density at radius 2 is 2.05 bits per heavy atom. The van der Waals surface area contributed by atoms with Crippen LogP contribution in [0.25, 0.3) is 11.0 Å². The van der Waals surface area contributed by atoms with Crippen LogP contribution in [0.2, 0.25) is 0 Å². The average molecular weight is 269 g/mol. The zero-order valence-corrected chi connectivity index (χ0v) is 10.6. The Kier molecular flexibility index (Phi) is 3.16. The number of hydrogen-bond donors (Lipinski definition) is 1. The molecule has 0 aliphatic rings. The van der Waals surface area contributed by atoms with Crippen LogP contribution in [0.3, 0.4) is 0 Å². The summed E-state index contributed by atoms with van der Waals surface area (Å²) in [6.07, 6.45) is 2.26. The van der Waals surface area contributed by atoms with E-state index in [0.29, 0.717) is 29.7 Å². The van der Waals surface area contributed by atoms with Gasteiger partial charge in [0, 0.05) is 5.56 Å². The Bertz CT molecular complexity index is 767. The molecule has 20 heavy (non-hydrogen) atoms. The number of nitrogens with zero attached hydrogens (tertiary/aromatic N) is 2. The molecule has 5 heteroatoms. The van der Waals surface area contributed by atoms with E-state index in [4.69, 9.17) is 0 Å². The summed E-state index contributed by atoms with van der Waals surface area (Å²) < 4.78 is 15.5. The topological polar surface area (TPSA) is 46.9 Å². The first-order valence-corrected chi connectivity index (χ1v) is 6.17. The van der Waals surface area contributed by atoms with Crippen molar-refractivity contribution < 1.29 is 9.18 Å². The molecular weight excluding hydrogens is 257 g/mol. The lowest BCUT2D eigenvalue weighted by atomic mass is 10.2. The van der Waals surface area contributed by atoms with E-state index in [0.717, 1.165) is 5.52 Å². The second-order valence-electron chi connectivity index (χ2n) is 4.40. The number of anilines is 1. The molecule has 3 aromatic rings. The van der Waals surface area contributed by atoms with Gasteiger partial charge in [0.1, 0.15) is 11.3 Å². The van der Waals surface area contributed by atoms with Crippen molar-refractivity contribution in [1.29, 1.82) is 0 Å². The maximum atomic E-state index is 13.7. The highest BCUT2D eigenvalue weighted by molar-refractivity contribution is 5.93. The molecule has 0 radical (unpaired) electrons. The molecular formula is C15H12FN3O. The van der Waals surface area contributed by atoms with Gasteiger partial charge in [-0.2, -0.15) is 0 Å². The van der Waals surface area contributed by atoms with E-state index in [1.807, 2.05) is 16.7 Å². The summed E-state index contributed by atoms with van der Waals surface area (Å²) >= 11 is 0. The molecule has 0 saturated heterocycles. The molecule has 0 aliphatic heterocycles. The third-order valence-electron chi connectivity index (χ3n) is 3.16. The molecule has 0 aliphatic carbocycles. The lowest BCUT2D eigenvalue weighted by Crippen LogP contribution is -2.00. The van der Waals surface area contributed by atoms with Crippen molar-refractivity contribution in [2.75, 3.05) is 5.32 Å². The van der Waals surface area contributed by atoms with Crippen molar-refractivity contribution in [2.24, 2.45) is 0 Å². The number of carbonyl (C=O) groups excluding carboxylic acids is 1. The van der Waals surface area contributed by atoms with Gasteiger partial charge in [-0.05, 0) is 18.2 Å². The van der Waals surface area contributed by atoms with Crippen molar-refractivity contribution in [2.45, 2.75) is 6.54 Å². The number of aromatic nitrogens is 2. The minimum absolute atomic E-state index is 0.239. The average Bonchev–Trinajstić information content (AvgIpc) is 2.86. The summed E-state index contributed by atoms with van der Waals surface area (Å²) in [5, 5.41) is 2.61. The zero-order chi connectivity index (χ0) is 13.9. The second kappa shape index (κ2) is 5.13. The summed E-state index contributed by atoms with van der Waals surface area (Å²) in [5.41, 5.74) is 2.78. The quantitative estimate of drug-likeness (QED) is 0.740. The summed E-state index contributed by atoms with van der Waals surface area (Å²) in [4.78, 5) is 14.8. The molecule has 100 valence electrons. The standard InChI is InChI=1S/C15H12FN3O/c16-12-5-2-1-4-11(12)8-19-9-17-15-13(18-10-20)6-3-7-14(15)19/h1-7,9-10H,8H2,(H,18,20). The largest absolute Gasteiger partial charge is 0.327 e. The van der Waals surface area contributed by atoms with Gasteiger partial charge in [0.05, 0.1) is 24.1 Å². The molecule has 0 bridgehead atoms. The van der Waals surface area contributed by atoms with Gasteiger partial charge in [-0.25, -0.2) is 9.37 Å². The van der Waals surface area contributed by atoms with Gasteiger partial charge in [0.25, 0.3) is 0 Å². The van der Waals surface area contributed by atoms with E-state index >= 15 is 0 Å². The predicted molar refractivity (Wildman–Crippen MR) is 74.9 cm³/mol. The fourth-order valence-electron chi connectivity index (χ4n) is 2.20. The number of imidazole rings is 1. The van der Waals surface area contributed by atoms with E-state index in [-0.39, 0.29) is 5.82 Å². The van der Waals surface area contributed by atoms with E-state index in [1.54, 1.807) is 30.6 Å². The number of nitrogens with one attached hydrogen (secondary N) is 1. The van der Waals surface area contributed by atoms with E-state index in [2.05, 4.69) is 10.3 Å². The Hall–Kier alpha value is -2.69. The first-order chi connectivity index (χ1) is 9.79. The van der Waals surface area contributed by atoms with Crippen LogP contribution in [0.1, 0.15) is 5.56 Å². The van der Waals surface area contributed by atoms with Crippen molar-refractivity contribution in [3.8, 4) is 0 Å².